The van der Waals surface area contributed by atoms with E-state index in [2.05, 4.69) is 60.7 Å². The summed E-state index contributed by atoms with van der Waals surface area (Å²) in [4.78, 5) is 0. The molecule has 0 fully saturated rings. The second-order valence-corrected chi connectivity index (χ2v) is 8.97. The predicted molar refractivity (Wildman–Crippen MR) is 131 cm³/mol. The van der Waals surface area contributed by atoms with Crippen LogP contribution in [0.5, 0.6) is 11.5 Å². The highest BCUT2D eigenvalue weighted by molar-refractivity contribution is 6.30. The maximum atomic E-state index is 10.1. The Morgan fingerprint density at radius 2 is 1.36 bits per heavy atom. The highest BCUT2D eigenvalue weighted by Gasteiger charge is 2.51. The first kappa shape index (κ1) is 18.5. The third-order valence-corrected chi connectivity index (χ3v) is 7.26. The zero-order chi connectivity index (χ0) is 22.2. The first-order valence-electron chi connectivity index (χ1n) is 10.9. The second-order valence-electron chi connectivity index (χ2n) is 8.54. The molecule has 1 aliphatic heterocycles. The molecule has 1 spiro atoms. The number of hydrogen-bond acceptors (Lipinski definition) is 2. The van der Waals surface area contributed by atoms with Gasteiger partial charge in [0.2, 0.25) is 0 Å². The lowest BCUT2D eigenvalue weighted by Gasteiger charge is -2.39. The van der Waals surface area contributed by atoms with Gasteiger partial charge in [0.25, 0.3) is 0 Å². The van der Waals surface area contributed by atoms with Crippen LogP contribution in [0.1, 0.15) is 27.8 Å². The summed E-state index contributed by atoms with van der Waals surface area (Å²) in [5.74, 6) is 1.55. The lowest BCUT2D eigenvalue weighted by atomic mass is 9.66. The van der Waals surface area contributed by atoms with Gasteiger partial charge in [-0.3, -0.25) is 0 Å². The summed E-state index contributed by atoms with van der Waals surface area (Å²) in [6.07, 6.45) is 0. The van der Waals surface area contributed by atoms with Gasteiger partial charge in [0.15, 0.2) is 0 Å². The first-order valence-corrected chi connectivity index (χ1v) is 11.2. The van der Waals surface area contributed by atoms with Gasteiger partial charge in [-0.25, -0.2) is 0 Å². The molecule has 1 unspecified atom stereocenters. The molecule has 2 aliphatic rings. The zero-order valence-corrected chi connectivity index (χ0v) is 18.2. The number of halogens is 1. The van der Waals surface area contributed by atoms with Gasteiger partial charge in [0, 0.05) is 21.5 Å². The molecule has 2 nitrogen and oxygen atoms in total. The SMILES string of the molecule is N#Cc1cc2c(c3ccccc13)-c1ccccc1C21c2ccccc2Oc2cc(Cl)ccc21. The van der Waals surface area contributed by atoms with Crippen LogP contribution in [-0.4, -0.2) is 0 Å². The fraction of sp³-hybridized carbons (Fsp3) is 0.0333. The van der Waals surface area contributed by atoms with Crippen LogP contribution in [0.3, 0.4) is 0 Å². The van der Waals surface area contributed by atoms with Crippen molar-refractivity contribution in [2.45, 2.75) is 5.41 Å². The maximum Gasteiger partial charge on any atom is 0.133 e. The number of hydrogen-bond donors (Lipinski definition) is 0. The second kappa shape index (κ2) is 6.48. The van der Waals surface area contributed by atoms with E-state index >= 15 is 0 Å². The molecule has 1 heterocycles. The Morgan fingerprint density at radius 1 is 0.667 bits per heavy atom. The van der Waals surface area contributed by atoms with E-state index in [1.165, 1.54) is 16.7 Å². The van der Waals surface area contributed by atoms with Crippen LogP contribution >= 0.6 is 11.6 Å². The Morgan fingerprint density at radius 3 is 2.21 bits per heavy atom. The number of ether oxygens (including phenoxy) is 1. The van der Waals surface area contributed by atoms with Gasteiger partial charge in [-0.15, -0.1) is 0 Å². The molecule has 7 rings (SSSR count). The summed E-state index contributed by atoms with van der Waals surface area (Å²) in [6.45, 7) is 0. The predicted octanol–water partition coefficient (Wildman–Crippen LogP) is 7.83. The summed E-state index contributed by atoms with van der Waals surface area (Å²) < 4.78 is 6.37. The van der Waals surface area contributed by atoms with E-state index in [0.29, 0.717) is 10.6 Å². The van der Waals surface area contributed by atoms with Crippen LogP contribution in [0, 0.1) is 11.3 Å². The van der Waals surface area contributed by atoms with Crippen molar-refractivity contribution in [2.24, 2.45) is 0 Å². The van der Waals surface area contributed by atoms with Crippen LogP contribution in [0.25, 0.3) is 21.9 Å². The van der Waals surface area contributed by atoms with Crippen LogP contribution in [-0.2, 0) is 5.41 Å². The summed E-state index contributed by atoms with van der Waals surface area (Å²) >= 11 is 6.40. The Hall–Kier alpha value is -4.06. The van der Waals surface area contributed by atoms with E-state index in [1.807, 2.05) is 42.5 Å². The molecule has 0 saturated carbocycles. The van der Waals surface area contributed by atoms with Crippen molar-refractivity contribution in [1.82, 2.24) is 0 Å². The average Bonchev–Trinajstić information content (AvgIpc) is 3.14. The number of fused-ring (bicyclic) bond motifs is 11. The highest BCUT2D eigenvalue weighted by atomic mass is 35.5. The third kappa shape index (κ3) is 2.22. The van der Waals surface area contributed by atoms with Crippen LogP contribution in [0.4, 0.5) is 0 Å². The molecule has 33 heavy (non-hydrogen) atoms. The third-order valence-electron chi connectivity index (χ3n) is 7.03. The van der Waals surface area contributed by atoms with Crippen molar-refractivity contribution in [3.05, 3.63) is 130 Å². The number of benzene rings is 5. The van der Waals surface area contributed by atoms with E-state index in [-0.39, 0.29) is 0 Å². The van der Waals surface area contributed by atoms with Gasteiger partial charge in [0.1, 0.15) is 11.5 Å². The molecular weight excluding hydrogens is 426 g/mol. The smallest absolute Gasteiger partial charge is 0.133 e. The van der Waals surface area contributed by atoms with Gasteiger partial charge < -0.3 is 4.74 Å². The Balaban J connectivity index is 1.76. The fourth-order valence-electron chi connectivity index (χ4n) is 5.83. The molecule has 5 aromatic rings. The molecule has 0 radical (unpaired) electrons. The van der Waals surface area contributed by atoms with E-state index in [9.17, 15) is 5.26 Å². The van der Waals surface area contributed by atoms with Gasteiger partial charge in [-0.2, -0.15) is 5.26 Å². The van der Waals surface area contributed by atoms with Gasteiger partial charge >= 0.3 is 0 Å². The van der Waals surface area contributed by atoms with Crippen molar-refractivity contribution in [3.63, 3.8) is 0 Å². The van der Waals surface area contributed by atoms with Gasteiger partial charge in [-0.05, 0) is 51.9 Å². The summed E-state index contributed by atoms with van der Waals surface area (Å²) in [5.41, 5.74) is 6.86. The minimum atomic E-state index is -0.601. The highest BCUT2D eigenvalue weighted by Crippen LogP contribution is 2.63. The topological polar surface area (TPSA) is 33.0 Å². The summed E-state index contributed by atoms with van der Waals surface area (Å²) in [6, 6.07) is 35.4. The van der Waals surface area contributed by atoms with Crippen molar-refractivity contribution in [2.75, 3.05) is 0 Å². The Kier molecular flexibility index (Phi) is 3.63. The van der Waals surface area contributed by atoms with E-state index in [0.717, 1.165) is 39.0 Å². The Labute approximate surface area is 196 Å². The normalized spacial score (nSPS) is 17.0. The minimum absolute atomic E-state index is 0.601. The average molecular weight is 442 g/mol. The van der Waals surface area contributed by atoms with Crippen molar-refractivity contribution < 1.29 is 4.74 Å². The molecule has 154 valence electrons. The number of para-hydroxylation sites is 1. The number of rotatable bonds is 0. The molecule has 0 N–H and O–H groups in total. The van der Waals surface area contributed by atoms with Crippen molar-refractivity contribution in [3.8, 4) is 28.7 Å². The maximum absolute atomic E-state index is 10.1. The molecule has 0 saturated heterocycles. The van der Waals surface area contributed by atoms with Gasteiger partial charge in [0.05, 0.1) is 17.0 Å². The number of nitriles is 1. The molecule has 0 amide bonds. The quantitative estimate of drug-likeness (QED) is 0.240. The Bertz CT molecular complexity index is 1680. The van der Waals surface area contributed by atoms with Crippen molar-refractivity contribution >= 4 is 22.4 Å². The van der Waals surface area contributed by atoms with Crippen LogP contribution < -0.4 is 4.74 Å². The lowest BCUT2D eigenvalue weighted by Crippen LogP contribution is -2.32. The molecular formula is C30H16ClNO. The van der Waals surface area contributed by atoms with Crippen LogP contribution in [0.2, 0.25) is 5.02 Å². The largest absolute Gasteiger partial charge is 0.457 e. The summed E-state index contributed by atoms with van der Waals surface area (Å²) in [7, 11) is 0. The molecule has 0 aromatic heterocycles. The van der Waals surface area contributed by atoms with Gasteiger partial charge in [-0.1, -0.05) is 84.4 Å². The van der Waals surface area contributed by atoms with E-state index in [4.69, 9.17) is 16.3 Å². The van der Waals surface area contributed by atoms with E-state index < -0.39 is 5.41 Å². The molecule has 3 heteroatoms. The summed E-state index contributed by atoms with van der Waals surface area (Å²) in [5, 5.41) is 12.8. The van der Waals surface area contributed by atoms with Crippen molar-refractivity contribution in [1.29, 1.82) is 5.26 Å². The first-order chi connectivity index (χ1) is 16.2. The van der Waals surface area contributed by atoms with E-state index in [1.54, 1.807) is 0 Å². The monoisotopic (exact) mass is 441 g/mol. The minimum Gasteiger partial charge on any atom is -0.457 e. The lowest BCUT2D eigenvalue weighted by molar-refractivity contribution is 0.436. The standard InChI is InChI=1S/C30H16ClNO/c31-19-13-14-25-28(16-19)33-27-12-6-5-11-24(27)30(25)23-10-4-3-9-22(23)29-21-8-2-1-7-20(21)18(17-32)15-26(29)30/h1-16H. The molecule has 0 bridgehead atoms. The fourth-order valence-corrected chi connectivity index (χ4v) is 5.99. The molecule has 5 aromatic carbocycles. The number of nitrogens with zero attached hydrogens (tertiary/aromatic N) is 1. The van der Waals surface area contributed by atoms with Crippen LogP contribution in [0.15, 0.2) is 97.1 Å². The molecule has 1 aliphatic carbocycles. The molecule has 1 atom stereocenters. The zero-order valence-electron chi connectivity index (χ0n) is 17.5.